The monoisotopic (exact) mass is 1030 g/mol. The Balaban J connectivity index is 0.852. The lowest BCUT2D eigenvalue weighted by Crippen LogP contribution is -2.64. The van der Waals surface area contributed by atoms with Gasteiger partial charge in [0.05, 0.1) is 32.4 Å². The molecule has 8 rings (SSSR count). The van der Waals surface area contributed by atoms with Gasteiger partial charge in [0.15, 0.2) is 30.8 Å². The van der Waals surface area contributed by atoms with Crippen LogP contribution in [0.1, 0.15) is 133 Å². The Morgan fingerprint density at radius 2 is 1.70 bits per heavy atom. The summed E-state index contributed by atoms with van der Waals surface area (Å²) in [4.78, 5) is 60.9. The number of carbonyl (C=O) groups excluding carboxylic acids is 3. The summed E-state index contributed by atoms with van der Waals surface area (Å²) in [5, 5.41) is 26.7. The Hall–Kier alpha value is -3.60. The number of nitrogens with one attached hydrogen (secondary N) is 1. The zero-order chi connectivity index (χ0) is 52.0. The quantitative estimate of drug-likeness (QED) is 0.0277. The van der Waals surface area contributed by atoms with Crippen molar-refractivity contribution in [3.8, 4) is 5.75 Å². The van der Waals surface area contributed by atoms with Gasteiger partial charge in [-0.3, -0.25) is 19.4 Å². The molecule has 2 aromatic carbocycles. The molecule has 73 heavy (non-hydrogen) atoms. The van der Waals surface area contributed by atoms with Gasteiger partial charge in [-0.2, -0.15) is 0 Å². The lowest BCUT2D eigenvalue weighted by Gasteiger charge is -2.59. The highest BCUT2D eigenvalue weighted by Crippen LogP contribution is 2.70. The molecular weight excluding hydrogens is 952 g/mol. The number of unbranched alkanes of at least 4 members (excludes halogenated alkanes) is 4. The Labute approximate surface area is 432 Å². The summed E-state index contributed by atoms with van der Waals surface area (Å²) < 4.78 is 42.7. The Kier molecular flexibility index (Phi) is 18.1. The standard InChI is InChI=1S/C57H81N2O13P/c1-55-27-26-44(60)32-43(55)23-24-45-46-33-51-57(56(46,2)34-47(61)53(45)55,71-54(70-51)40-20-11-8-12-21-40)50(63)38-69-52(64)37-59(3,4)36-42-31-41(22-25-49(42)72-73(65,66)67)48(62)35-58-28-14-5-6-15-29-68-30-16-13-19-39-17-9-7-10-18-39/h7,9-10,17-18,22,25-27,31-32,40,45-48,51,53-54,58,61-62H,5-6,8,11-16,19-21,23-24,28-30,33-38H2,1-4H3,(H-,65,66,67)/p+1/t45-,46-,47-,48?,51+,53+,54+,55-,56-,57+/m0/s1. The number of hydrogen-bond donors (Lipinski definition) is 5. The smallest absolute Gasteiger partial charge is 0.453 e. The Morgan fingerprint density at radius 1 is 0.959 bits per heavy atom. The lowest BCUT2D eigenvalue weighted by molar-refractivity contribution is -0.896. The first kappa shape index (κ1) is 55.6. The van der Waals surface area contributed by atoms with Gasteiger partial charge in [0.2, 0.25) is 5.78 Å². The molecule has 0 spiro atoms. The van der Waals surface area contributed by atoms with E-state index in [-0.39, 0.29) is 65.1 Å². The van der Waals surface area contributed by atoms with Gasteiger partial charge in [-0.1, -0.05) is 94.0 Å². The molecule has 2 aromatic rings. The zero-order valence-electron chi connectivity index (χ0n) is 43.6. The van der Waals surface area contributed by atoms with E-state index in [0.717, 1.165) is 109 Å². The van der Waals surface area contributed by atoms with Crippen molar-refractivity contribution in [3.05, 3.63) is 89.0 Å². The van der Waals surface area contributed by atoms with Crippen LogP contribution in [0.15, 0.2) is 72.3 Å². The number of aryl methyl sites for hydroxylation is 1. The fourth-order valence-electron chi connectivity index (χ4n) is 14.0. The third-order valence-electron chi connectivity index (χ3n) is 17.5. The van der Waals surface area contributed by atoms with Crippen molar-refractivity contribution >= 4 is 25.4 Å². The number of phosphoric ester groups is 1. The number of benzene rings is 2. The van der Waals surface area contributed by atoms with E-state index in [1.54, 1.807) is 38.4 Å². The minimum absolute atomic E-state index is 0.0284. The van der Waals surface area contributed by atoms with Gasteiger partial charge in [-0.05, 0) is 124 Å². The van der Waals surface area contributed by atoms with E-state index in [2.05, 4.69) is 43.4 Å². The van der Waals surface area contributed by atoms with Gasteiger partial charge >= 0.3 is 13.8 Å². The number of Topliss-reactive ketones (excluding diaryl/α,β-unsaturated/α-hetero) is 1. The number of esters is 1. The number of likely N-dealkylation sites (N-methyl/N-ethyl adjacent to an activating group) is 1. The largest absolute Gasteiger partial charge is 0.524 e. The molecule has 0 bridgehead atoms. The van der Waals surface area contributed by atoms with E-state index in [1.165, 1.54) is 11.6 Å². The van der Waals surface area contributed by atoms with Crippen LogP contribution in [0.25, 0.3) is 0 Å². The number of allylic oxidation sites excluding steroid dienone is 4. The topological polar surface area (TPSA) is 207 Å². The van der Waals surface area contributed by atoms with Gasteiger partial charge in [-0.15, -0.1) is 0 Å². The third-order valence-corrected chi connectivity index (χ3v) is 17.9. The van der Waals surface area contributed by atoms with Crippen molar-refractivity contribution in [3.63, 3.8) is 0 Å². The molecule has 0 amide bonds. The molecule has 1 heterocycles. The van der Waals surface area contributed by atoms with E-state index in [9.17, 15) is 34.2 Å². The highest BCUT2D eigenvalue weighted by atomic mass is 31.2. The average molecular weight is 1030 g/mol. The van der Waals surface area contributed by atoms with Crippen LogP contribution in [0.4, 0.5) is 0 Å². The minimum Gasteiger partial charge on any atom is -0.453 e. The molecule has 5 aliphatic carbocycles. The molecule has 1 saturated heterocycles. The second-order valence-electron chi connectivity index (χ2n) is 23.2. The highest BCUT2D eigenvalue weighted by molar-refractivity contribution is 7.46. The predicted octanol–water partition coefficient (Wildman–Crippen LogP) is 8.02. The minimum atomic E-state index is -4.97. The normalized spacial score (nSPS) is 30.5. The molecule has 4 saturated carbocycles. The molecule has 1 aliphatic heterocycles. The molecule has 5 fully saturated rings. The summed E-state index contributed by atoms with van der Waals surface area (Å²) in [6, 6.07) is 15.1. The van der Waals surface area contributed by atoms with Gasteiger partial charge in [0.25, 0.3) is 0 Å². The van der Waals surface area contributed by atoms with Crippen LogP contribution in [0.3, 0.4) is 0 Å². The first-order valence-electron chi connectivity index (χ1n) is 27.2. The number of aliphatic hydroxyl groups is 2. The summed E-state index contributed by atoms with van der Waals surface area (Å²) in [6.07, 6.45) is 17.2. The molecule has 10 atom stereocenters. The van der Waals surface area contributed by atoms with Crippen molar-refractivity contribution in [2.45, 2.75) is 153 Å². The van der Waals surface area contributed by atoms with Gasteiger partial charge in [-0.25, -0.2) is 9.36 Å². The second kappa shape index (κ2) is 23.7. The lowest BCUT2D eigenvalue weighted by atomic mass is 9.46. The van der Waals surface area contributed by atoms with E-state index in [0.29, 0.717) is 30.5 Å². The van der Waals surface area contributed by atoms with Crippen molar-refractivity contribution in [1.82, 2.24) is 5.32 Å². The number of fused-ring (bicyclic) bond motifs is 7. The number of ether oxygens (including phenoxy) is 4. The first-order chi connectivity index (χ1) is 34.8. The molecule has 1 unspecified atom stereocenters. The van der Waals surface area contributed by atoms with Crippen molar-refractivity contribution in [2.75, 3.05) is 53.6 Å². The fourth-order valence-corrected chi connectivity index (χ4v) is 14.4. The van der Waals surface area contributed by atoms with Crippen LogP contribution < -0.4 is 9.84 Å². The maximum atomic E-state index is 15.1. The van der Waals surface area contributed by atoms with E-state index >= 15 is 4.79 Å². The Morgan fingerprint density at radius 3 is 2.45 bits per heavy atom. The van der Waals surface area contributed by atoms with Gasteiger partial charge in [0.1, 0.15) is 12.3 Å². The number of hydrogen-bond acceptors (Lipinski definition) is 12. The number of aliphatic hydroxyl groups excluding tert-OH is 2. The maximum Gasteiger partial charge on any atom is 0.524 e. The van der Waals surface area contributed by atoms with Crippen molar-refractivity contribution in [2.24, 2.45) is 34.5 Å². The SMILES string of the molecule is C[C@]12C=CC(=O)C=C1CC[C@@H]1[C@@H]2[C@@H](O)C[C@@]2(C)[C@H]1C[C@H]1O[C@@H](C3CCCCC3)O[C@]12C(=O)COC(=O)C[N+](C)(C)Cc1cc(C(O)CNCCCCCCOCCCCc2ccccc2)ccc1OP(=O)(O)O. The molecule has 16 heteroatoms. The van der Waals surface area contributed by atoms with Crippen LogP contribution in [-0.4, -0.2) is 120 Å². The van der Waals surface area contributed by atoms with Gasteiger partial charge < -0.3 is 43.5 Å². The number of rotatable bonds is 25. The second-order valence-corrected chi connectivity index (χ2v) is 24.3. The number of phosphoric acid groups is 1. The third kappa shape index (κ3) is 12.8. The van der Waals surface area contributed by atoms with Crippen LogP contribution in [0.2, 0.25) is 0 Å². The fraction of sp³-hybridized carbons (Fsp3) is 0.667. The van der Waals surface area contributed by atoms with Crippen LogP contribution in [0.5, 0.6) is 5.75 Å². The first-order valence-corrected chi connectivity index (χ1v) is 28.7. The summed E-state index contributed by atoms with van der Waals surface area (Å²) in [5.74, 6) is -1.15. The van der Waals surface area contributed by atoms with E-state index in [4.69, 9.17) is 23.5 Å². The van der Waals surface area contributed by atoms with E-state index in [1.807, 2.05) is 12.1 Å². The molecule has 402 valence electrons. The summed E-state index contributed by atoms with van der Waals surface area (Å²) in [6.45, 7) is 5.99. The highest BCUT2D eigenvalue weighted by Gasteiger charge is 2.76. The average Bonchev–Trinajstić information content (AvgIpc) is 3.85. The number of ketones is 2. The maximum absolute atomic E-state index is 15.1. The number of nitrogens with zero attached hydrogens (tertiary/aromatic N) is 1. The molecule has 0 radical (unpaired) electrons. The number of quaternary nitrogens is 1. The molecular formula is C57H82N2O13P+. The summed E-state index contributed by atoms with van der Waals surface area (Å²) in [7, 11) is -1.45. The van der Waals surface area contributed by atoms with Crippen LogP contribution >= 0.6 is 7.82 Å². The van der Waals surface area contributed by atoms with Crippen LogP contribution in [-0.2, 0) is 50.9 Å². The summed E-state index contributed by atoms with van der Waals surface area (Å²) in [5.41, 5.74) is 0.524. The molecule has 6 aliphatic rings. The van der Waals surface area contributed by atoms with Crippen LogP contribution in [0, 0.1) is 34.5 Å². The Bertz CT molecular complexity index is 2350. The van der Waals surface area contributed by atoms with Crippen molar-refractivity contribution < 1.29 is 66.9 Å². The summed E-state index contributed by atoms with van der Waals surface area (Å²) >= 11 is 0. The number of carbonyl (C=O) groups is 3. The molecule has 5 N–H and O–H groups in total. The molecule has 15 nitrogen and oxygen atoms in total. The predicted molar refractivity (Wildman–Crippen MR) is 275 cm³/mol. The van der Waals surface area contributed by atoms with E-state index < -0.39 is 61.4 Å². The van der Waals surface area contributed by atoms with Gasteiger partial charge in [0, 0.05) is 48.0 Å². The van der Waals surface area contributed by atoms with Crippen molar-refractivity contribution in [1.29, 1.82) is 0 Å². The zero-order valence-corrected chi connectivity index (χ0v) is 44.5. The molecule has 0 aromatic heterocycles.